The molecule has 0 saturated heterocycles. The Kier molecular flexibility index (Phi) is 9.77. The summed E-state index contributed by atoms with van der Waals surface area (Å²) in [5, 5.41) is 8.58. The van der Waals surface area contributed by atoms with Crippen LogP contribution in [0.4, 0.5) is 26.3 Å². The molecule has 0 fully saturated rings. The zero-order chi connectivity index (χ0) is 24.7. The third kappa shape index (κ3) is 11.5. The molecule has 8 nitrogen and oxygen atoms in total. The fraction of sp³-hybridized carbons (Fsp3) is 0.333. The molecule has 0 atom stereocenters. The van der Waals surface area contributed by atoms with Crippen LogP contribution >= 0.6 is 23.2 Å². The molecule has 1 N–H and O–H groups in total. The average molecular weight is 533 g/mol. The Bertz CT molecular complexity index is 1020. The molecular formula is C15H12Cl2F6N2O6S. The van der Waals surface area contributed by atoms with Gasteiger partial charge in [0.15, 0.2) is 11.5 Å². The lowest BCUT2D eigenvalue weighted by atomic mass is 10.2. The van der Waals surface area contributed by atoms with Crippen LogP contribution in [0, 0.1) is 0 Å². The predicted octanol–water partition coefficient (Wildman–Crippen LogP) is 4.24. The van der Waals surface area contributed by atoms with Gasteiger partial charge in [-0.25, -0.2) is 9.97 Å². The Morgan fingerprint density at radius 2 is 1.31 bits per heavy atom. The fourth-order valence-corrected chi connectivity index (χ4v) is 2.45. The number of ether oxygens (including phenoxy) is 2. The largest absolute Gasteiger partial charge is 0.573 e. The van der Waals surface area contributed by atoms with Gasteiger partial charge in [0.1, 0.15) is 10.3 Å². The molecule has 0 saturated carbocycles. The first kappa shape index (κ1) is 28.0. The molecule has 0 aromatic carbocycles. The second kappa shape index (κ2) is 11.2. The van der Waals surface area contributed by atoms with Gasteiger partial charge in [-0.3, -0.25) is 4.18 Å². The maximum atomic E-state index is 12.1. The van der Waals surface area contributed by atoms with Gasteiger partial charge in [-0.2, -0.15) is 8.42 Å². The molecule has 0 bridgehead atoms. The molecule has 0 spiro atoms. The molecule has 0 unspecified atom stereocenters. The second-order valence-electron chi connectivity index (χ2n) is 5.45. The number of aliphatic hydroxyl groups is 1. The molecule has 0 aliphatic heterocycles. The zero-order valence-corrected chi connectivity index (χ0v) is 17.9. The maximum Gasteiger partial charge on any atom is 0.573 e. The minimum absolute atomic E-state index is 0.0106. The zero-order valence-electron chi connectivity index (χ0n) is 15.5. The Labute approximate surface area is 186 Å². The summed E-state index contributed by atoms with van der Waals surface area (Å²) < 4.78 is 105. The lowest BCUT2D eigenvalue weighted by Gasteiger charge is -2.12. The van der Waals surface area contributed by atoms with Crippen molar-refractivity contribution in [2.75, 3.05) is 6.26 Å². The summed E-state index contributed by atoms with van der Waals surface area (Å²) in [6, 6.07) is 2.12. The molecule has 2 rings (SSSR count). The third-order valence-corrected chi connectivity index (χ3v) is 3.84. The lowest BCUT2D eigenvalue weighted by Crippen LogP contribution is -2.18. The van der Waals surface area contributed by atoms with Crippen LogP contribution in [0.25, 0.3) is 0 Å². The van der Waals surface area contributed by atoms with Gasteiger partial charge in [-0.1, -0.05) is 23.2 Å². The van der Waals surface area contributed by atoms with Crippen LogP contribution in [0.1, 0.15) is 11.1 Å². The van der Waals surface area contributed by atoms with Gasteiger partial charge in [0, 0.05) is 11.1 Å². The molecule has 0 amide bonds. The van der Waals surface area contributed by atoms with Crippen LogP contribution < -0.4 is 9.47 Å². The number of hydrogen-bond acceptors (Lipinski definition) is 8. The lowest BCUT2D eigenvalue weighted by molar-refractivity contribution is -0.276. The van der Waals surface area contributed by atoms with Crippen LogP contribution in [0.3, 0.4) is 0 Å². The number of pyridine rings is 2. The van der Waals surface area contributed by atoms with Crippen LogP contribution in [0.2, 0.25) is 10.3 Å². The summed E-state index contributed by atoms with van der Waals surface area (Å²) in [7, 11) is -3.80. The van der Waals surface area contributed by atoms with Crippen molar-refractivity contribution in [1.29, 1.82) is 0 Å². The van der Waals surface area contributed by atoms with E-state index in [9.17, 15) is 34.8 Å². The Hall–Kier alpha value is -2.07. The number of aliphatic hydroxyl groups excluding tert-OH is 1. The number of nitrogens with zero attached hydrogens (tertiary/aromatic N) is 2. The van der Waals surface area contributed by atoms with E-state index in [4.69, 9.17) is 28.3 Å². The van der Waals surface area contributed by atoms with E-state index in [-0.39, 0.29) is 21.4 Å². The highest BCUT2D eigenvalue weighted by Crippen LogP contribution is 2.28. The highest BCUT2D eigenvalue weighted by molar-refractivity contribution is 7.85. The van der Waals surface area contributed by atoms with Gasteiger partial charge in [0.05, 0.1) is 31.9 Å². The van der Waals surface area contributed by atoms with Gasteiger partial charge in [-0.05, 0) is 12.1 Å². The summed E-state index contributed by atoms with van der Waals surface area (Å²) in [6.07, 6.45) is -7.42. The van der Waals surface area contributed by atoms with Crippen molar-refractivity contribution >= 4 is 33.3 Å². The molecule has 0 aliphatic carbocycles. The molecule has 32 heavy (non-hydrogen) atoms. The standard InChI is InChI=1S/C8H7ClF3NO4S.C7H5ClF3NO2/c1-18(14,15)16-4-5-2-7(9)13-3-6(5)17-8(10,11)12;8-6-1-4(3-13)5(2-12-6)14-7(9,10)11/h2-3H,4H2,1H3;1-2,13H,3H2. The van der Waals surface area contributed by atoms with E-state index in [1.807, 2.05) is 0 Å². The highest BCUT2D eigenvalue weighted by atomic mass is 35.5. The SMILES string of the molecule is CS(=O)(=O)OCc1cc(Cl)ncc1OC(F)(F)F.OCc1cc(Cl)ncc1OC(F)(F)F. The number of alkyl halides is 6. The molecule has 180 valence electrons. The van der Waals surface area contributed by atoms with Crippen LogP contribution in [0.15, 0.2) is 24.5 Å². The van der Waals surface area contributed by atoms with E-state index < -0.39 is 47.6 Å². The highest BCUT2D eigenvalue weighted by Gasteiger charge is 2.33. The summed E-state index contributed by atoms with van der Waals surface area (Å²) in [5.41, 5.74) is -0.250. The van der Waals surface area contributed by atoms with Crippen LogP contribution in [0.5, 0.6) is 11.5 Å². The first-order valence-electron chi connectivity index (χ1n) is 7.74. The first-order valence-corrected chi connectivity index (χ1v) is 10.3. The van der Waals surface area contributed by atoms with Crippen LogP contribution in [-0.2, 0) is 27.5 Å². The van der Waals surface area contributed by atoms with Crippen molar-refractivity contribution in [3.8, 4) is 11.5 Å². The fourth-order valence-electron chi connectivity index (χ4n) is 1.75. The summed E-state index contributed by atoms with van der Waals surface area (Å²) in [5.74, 6) is -1.22. The summed E-state index contributed by atoms with van der Waals surface area (Å²) >= 11 is 10.9. The normalized spacial score (nSPS) is 12.1. The van der Waals surface area contributed by atoms with Crippen molar-refractivity contribution in [1.82, 2.24) is 9.97 Å². The van der Waals surface area contributed by atoms with E-state index in [1.165, 1.54) is 0 Å². The van der Waals surface area contributed by atoms with Crippen molar-refractivity contribution in [3.05, 3.63) is 46.0 Å². The average Bonchev–Trinajstić information content (AvgIpc) is 2.61. The minimum Gasteiger partial charge on any atom is -0.404 e. The van der Waals surface area contributed by atoms with Crippen molar-refractivity contribution < 1.29 is 53.5 Å². The topological polar surface area (TPSA) is 108 Å². The predicted molar refractivity (Wildman–Crippen MR) is 97.4 cm³/mol. The Morgan fingerprint density at radius 3 is 1.69 bits per heavy atom. The summed E-state index contributed by atoms with van der Waals surface area (Å²) in [4.78, 5) is 6.81. The van der Waals surface area contributed by atoms with E-state index in [2.05, 4.69) is 23.6 Å². The van der Waals surface area contributed by atoms with Crippen molar-refractivity contribution in [2.24, 2.45) is 0 Å². The molecule has 17 heteroatoms. The minimum atomic E-state index is -4.92. The third-order valence-electron chi connectivity index (χ3n) is 2.88. The molecule has 2 aromatic heterocycles. The van der Waals surface area contributed by atoms with Gasteiger partial charge in [0.25, 0.3) is 10.1 Å². The monoisotopic (exact) mass is 532 g/mol. The van der Waals surface area contributed by atoms with E-state index in [0.717, 1.165) is 30.8 Å². The van der Waals surface area contributed by atoms with Gasteiger partial charge in [0.2, 0.25) is 0 Å². The second-order valence-corrected chi connectivity index (χ2v) is 7.87. The van der Waals surface area contributed by atoms with Gasteiger partial charge < -0.3 is 14.6 Å². The first-order chi connectivity index (χ1) is 14.5. The number of aromatic nitrogens is 2. The molecular weight excluding hydrogens is 521 g/mol. The maximum absolute atomic E-state index is 12.1. The van der Waals surface area contributed by atoms with Gasteiger partial charge >= 0.3 is 12.7 Å². The Balaban J connectivity index is 0.000000330. The molecule has 2 heterocycles. The van der Waals surface area contributed by atoms with Crippen molar-refractivity contribution in [2.45, 2.75) is 25.9 Å². The van der Waals surface area contributed by atoms with E-state index in [0.29, 0.717) is 0 Å². The molecule has 0 aliphatic rings. The van der Waals surface area contributed by atoms with Crippen molar-refractivity contribution in [3.63, 3.8) is 0 Å². The van der Waals surface area contributed by atoms with E-state index in [1.54, 1.807) is 0 Å². The number of hydrogen-bond donors (Lipinski definition) is 1. The number of halogens is 8. The Morgan fingerprint density at radius 1 is 0.906 bits per heavy atom. The molecule has 0 radical (unpaired) electrons. The summed E-state index contributed by atoms with van der Waals surface area (Å²) in [6.45, 7) is -1.24. The van der Waals surface area contributed by atoms with E-state index >= 15 is 0 Å². The van der Waals surface area contributed by atoms with Gasteiger partial charge in [-0.15, -0.1) is 26.3 Å². The molecule has 2 aromatic rings. The van der Waals surface area contributed by atoms with Crippen LogP contribution in [-0.4, -0.2) is 42.5 Å². The smallest absolute Gasteiger partial charge is 0.404 e. The number of rotatable bonds is 6. The quantitative estimate of drug-likeness (QED) is 0.334.